The summed E-state index contributed by atoms with van der Waals surface area (Å²) >= 11 is 0. The molecule has 0 aromatic carbocycles. The van der Waals surface area contributed by atoms with Crippen LogP contribution in [0.4, 0.5) is 5.82 Å². The van der Waals surface area contributed by atoms with Crippen molar-refractivity contribution in [2.24, 2.45) is 12.8 Å². The van der Waals surface area contributed by atoms with Crippen LogP contribution in [0.1, 0.15) is 6.92 Å². The summed E-state index contributed by atoms with van der Waals surface area (Å²) in [5.41, 5.74) is 5.27. The summed E-state index contributed by atoms with van der Waals surface area (Å²) in [5.74, 6) is 0.313. The predicted octanol–water partition coefficient (Wildman–Crippen LogP) is -0.491. The van der Waals surface area contributed by atoms with E-state index < -0.39 is 15.3 Å². The van der Waals surface area contributed by atoms with Gasteiger partial charge in [0.05, 0.1) is 5.25 Å². The maximum atomic E-state index is 11.5. The van der Waals surface area contributed by atoms with Crippen molar-refractivity contribution in [3.8, 4) is 0 Å². The second-order valence-corrected chi connectivity index (χ2v) is 5.17. The molecule has 7 heteroatoms. The number of aryl methyl sites for hydroxylation is 1. The van der Waals surface area contributed by atoms with Gasteiger partial charge in [-0.05, 0) is 6.92 Å². The molecule has 1 atom stereocenters. The minimum absolute atomic E-state index is 0.0855. The van der Waals surface area contributed by atoms with Crippen molar-refractivity contribution in [3.05, 3.63) is 12.3 Å². The van der Waals surface area contributed by atoms with Crippen molar-refractivity contribution in [2.75, 3.05) is 11.3 Å². The summed E-state index contributed by atoms with van der Waals surface area (Å²) in [6, 6.07) is 1.58. The van der Waals surface area contributed by atoms with Crippen molar-refractivity contribution in [1.82, 2.24) is 9.78 Å². The van der Waals surface area contributed by atoms with Crippen LogP contribution in [0.5, 0.6) is 0 Å². The number of aromatic nitrogens is 2. The third kappa shape index (κ3) is 2.46. The minimum atomic E-state index is -3.40. The first-order chi connectivity index (χ1) is 6.45. The van der Waals surface area contributed by atoms with E-state index in [0.717, 1.165) is 0 Å². The molecule has 0 bridgehead atoms. The molecule has 0 fully saturated rings. The quantitative estimate of drug-likeness (QED) is 0.713. The second-order valence-electron chi connectivity index (χ2n) is 3.07. The molecule has 0 amide bonds. The zero-order chi connectivity index (χ0) is 10.8. The van der Waals surface area contributed by atoms with Crippen LogP contribution in [0.2, 0.25) is 0 Å². The topological polar surface area (TPSA) is 90.0 Å². The maximum Gasteiger partial charge on any atom is 0.237 e. The summed E-state index contributed by atoms with van der Waals surface area (Å²) < 4.78 is 26.9. The van der Waals surface area contributed by atoms with E-state index in [-0.39, 0.29) is 6.54 Å². The summed E-state index contributed by atoms with van der Waals surface area (Å²) in [6.45, 7) is 1.63. The lowest BCUT2D eigenvalue weighted by Gasteiger charge is -2.10. The fourth-order valence-corrected chi connectivity index (χ4v) is 1.70. The largest absolute Gasteiger partial charge is 0.329 e. The van der Waals surface area contributed by atoms with Gasteiger partial charge in [-0.1, -0.05) is 0 Å². The van der Waals surface area contributed by atoms with E-state index in [1.807, 2.05) is 0 Å². The number of sulfonamides is 1. The Morgan fingerprint density at radius 1 is 1.71 bits per heavy atom. The van der Waals surface area contributed by atoms with Gasteiger partial charge < -0.3 is 5.73 Å². The van der Waals surface area contributed by atoms with Crippen molar-refractivity contribution in [1.29, 1.82) is 0 Å². The number of nitrogens with one attached hydrogen (secondary N) is 1. The molecular weight excluding hydrogens is 204 g/mol. The Balaban J connectivity index is 2.78. The van der Waals surface area contributed by atoms with Gasteiger partial charge in [-0.15, -0.1) is 0 Å². The van der Waals surface area contributed by atoms with Gasteiger partial charge in [0.2, 0.25) is 10.0 Å². The zero-order valence-corrected chi connectivity index (χ0v) is 8.95. The zero-order valence-electron chi connectivity index (χ0n) is 8.14. The van der Waals surface area contributed by atoms with Gasteiger partial charge in [0.15, 0.2) is 5.82 Å². The van der Waals surface area contributed by atoms with Crippen LogP contribution in [0.15, 0.2) is 12.3 Å². The first-order valence-electron chi connectivity index (χ1n) is 4.17. The fourth-order valence-electron chi connectivity index (χ4n) is 0.843. The first-order valence-corrected chi connectivity index (χ1v) is 5.71. The molecule has 0 aliphatic rings. The second kappa shape index (κ2) is 3.97. The summed E-state index contributed by atoms with van der Waals surface area (Å²) in [4.78, 5) is 0. The summed E-state index contributed by atoms with van der Waals surface area (Å²) in [6.07, 6.45) is 1.66. The lowest BCUT2D eigenvalue weighted by Crippen LogP contribution is -2.31. The monoisotopic (exact) mass is 218 g/mol. The van der Waals surface area contributed by atoms with E-state index in [9.17, 15) is 8.42 Å². The van der Waals surface area contributed by atoms with Gasteiger partial charge in [0.25, 0.3) is 0 Å². The molecule has 0 saturated heterocycles. The van der Waals surface area contributed by atoms with Crippen LogP contribution in [-0.4, -0.2) is 30.0 Å². The molecule has 1 heterocycles. The molecule has 14 heavy (non-hydrogen) atoms. The van der Waals surface area contributed by atoms with E-state index in [1.54, 1.807) is 26.2 Å². The number of nitrogens with zero attached hydrogens (tertiary/aromatic N) is 2. The number of nitrogens with two attached hydrogens (primary N) is 1. The average molecular weight is 218 g/mol. The van der Waals surface area contributed by atoms with Crippen LogP contribution in [0.25, 0.3) is 0 Å². The highest BCUT2D eigenvalue weighted by molar-refractivity contribution is 7.93. The maximum absolute atomic E-state index is 11.5. The third-order valence-corrected chi connectivity index (χ3v) is 3.57. The lowest BCUT2D eigenvalue weighted by molar-refractivity contribution is 0.589. The van der Waals surface area contributed by atoms with Gasteiger partial charge in [-0.2, -0.15) is 5.10 Å². The average Bonchev–Trinajstić information content (AvgIpc) is 2.48. The standard InChI is InChI=1S/C7H14N4O2S/c1-6(5-8)14(12,13)10-7-3-4-11(2)9-7/h3-4,6H,5,8H2,1-2H3,(H,9,10). The molecule has 6 nitrogen and oxygen atoms in total. The van der Waals surface area contributed by atoms with Crippen molar-refractivity contribution in [3.63, 3.8) is 0 Å². The predicted molar refractivity (Wildman–Crippen MR) is 54.3 cm³/mol. The smallest absolute Gasteiger partial charge is 0.237 e. The van der Waals surface area contributed by atoms with Crippen LogP contribution in [0, 0.1) is 0 Å². The number of hydrogen-bond acceptors (Lipinski definition) is 4. The van der Waals surface area contributed by atoms with Crippen LogP contribution >= 0.6 is 0 Å². The van der Waals surface area contributed by atoms with Gasteiger partial charge in [0, 0.05) is 25.9 Å². The Kier molecular flexibility index (Phi) is 3.12. The highest BCUT2D eigenvalue weighted by Gasteiger charge is 2.19. The fraction of sp³-hybridized carbons (Fsp3) is 0.571. The van der Waals surface area contributed by atoms with Gasteiger partial charge in [0.1, 0.15) is 0 Å². The van der Waals surface area contributed by atoms with Crippen molar-refractivity contribution >= 4 is 15.8 Å². The Labute approximate surface area is 83.1 Å². The van der Waals surface area contributed by atoms with Crippen LogP contribution in [-0.2, 0) is 17.1 Å². The van der Waals surface area contributed by atoms with E-state index in [1.165, 1.54) is 4.68 Å². The molecule has 0 aliphatic carbocycles. The first kappa shape index (κ1) is 11.0. The molecule has 1 rings (SSSR count). The third-order valence-electron chi connectivity index (χ3n) is 1.82. The van der Waals surface area contributed by atoms with Gasteiger partial charge >= 0.3 is 0 Å². The van der Waals surface area contributed by atoms with E-state index in [4.69, 9.17) is 5.73 Å². The van der Waals surface area contributed by atoms with Gasteiger partial charge in [-0.25, -0.2) is 8.42 Å². The minimum Gasteiger partial charge on any atom is -0.329 e. The van der Waals surface area contributed by atoms with Crippen LogP contribution in [0.3, 0.4) is 0 Å². The molecule has 1 aromatic heterocycles. The SMILES string of the molecule is CC(CN)S(=O)(=O)Nc1ccn(C)n1. The summed E-state index contributed by atoms with van der Waals surface area (Å²) in [5, 5.41) is 3.28. The van der Waals surface area contributed by atoms with E-state index in [0.29, 0.717) is 5.82 Å². The number of hydrogen-bond donors (Lipinski definition) is 2. The Morgan fingerprint density at radius 2 is 2.36 bits per heavy atom. The number of rotatable bonds is 4. The molecule has 0 aliphatic heterocycles. The van der Waals surface area contributed by atoms with E-state index in [2.05, 4.69) is 9.82 Å². The number of anilines is 1. The summed E-state index contributed by atoms with van der Waals surface area (Å²) in [7, 11) is -1.69. The molecular formula is C7H14N4O2S. The highest BCUT2D eigenvalue weighted by Crippen LogP contribution is 2.07. The van der Waals surface area contributed by atoms with Crippen molar-refractivity contribution in [2.45, 2.75) is 12.2 Å². The molecule has 0 radical (unpaired) electrons. The lowest BCUT2D eigenvalue weighted by atomic mass is 10.5. The molecule has 1 aromatic rings. The Morgan fingerprint density at radius 3 is 2.79 bits per heavy atom. The Hall–Kier alpha value is -1.08. The normalized spacial score (nSPS) is 13.9. The highest BCUT2D eigenvalue weighted by atomic mass is 32.2. The molecule has 80 valence electrons. The van der Waals surface area contributed by atoms with E-state index >= 15 is 0 Å². The van der Waals surface area contributed by atoms with Crippen molar-refractivity contribution < 1.29 is 8.42 Å². The molecule has 3 N–H and O–H groups in total. The molecule has 0 saturated carbocycles. The van der Waals surface area contributed by atoms with Crippen LogP contribution < -0.4 is 10.5 Å². The molecule has 1 unspecified atom stereocenters. The van der Waals surface area contributed by atoms with Gasteiger partial charge in [-0.3, -0.25) is 9.40 Å². The Bertz CT molecular complexity index is 398. The molecule has 0 spiro atoms.